The van der Waals surface area contributed by atoms with Gasteiger partial charge in [-0.05, 0) is 62.7 Å². The quantitative estimate of drug-likeness (QED) is 0.829. The lowest BCUT2D eigenvalue weighted by atomic mass is 10.1. The van der Waals surface area contributed by atoms with Crippen LogP contribution < -0.4 is 15.0 Å². The molecule has 0 unspecified atom stereocenters. The van der Waals surface area contributed by atoms with E-state index in [0.717, 1.165) is 30.9 Å². The monoisotopic (exact) mass is 383 g/mol. The highest BCUT2D eigenvalue weighted by Gasteiger charge is 2.27. The van der Waals surface area contributed by atoms with Crippen molar-refractivity contribution in [3.8, 4) is 5.75 Å². The Morgan fingerprint density at radius 1 is 1.18 bits per heavy atom. The van der Waals surface area contributed by atoms with Gasteiger partial charge in [0.2, 0.25) is 0 Å². The van der Waals surface area contributed by atoms with Gasteiger partial charge in [-0.15, -0.1) is 0 Å². The molecular weight excluding hydrogens is 358 g/mol. The van der Waals surface area contributed by atoms with Crippen molar-refractivity contribution in [1.82, 2.24) is 10.2 Å². The Labute approximate surface area is 164 Å². The van der Waals surface area contributed by atoms with Crippen LogP contribution in [0.2, 0.25) is 0 Å². The number of nitrogens with zero attached hydrogens (tertiary/aromatic N) is 2. The number of carbonyl (C=O) groups excluding carboxylic acids is 2. The molecule has 1 saturated heterocycles. The van der Waals surface area contributed by atoms with Crippen LogP contribution >= 0.6 is 0 Å². The highest BCUT2D eigenvalue weighted by molar-refractivity contribution is 5.97. The van der Waals surface area contributed by atoms with Crippen molar-refractivity contribution >= 4 is 17.5 Å². The van der Waals surface area contributed by atoms with Crippen molar-refractivity contribution in [2.24, 2.45) is 0 Å². The van der Waals surface area contributed by atoms with E-state index in [0.29, 0.717) is 18.1 Å². The molecule has 1 aromatic heterocycles. The molecule has 0 spiro atoms. The average molecular weight is 383 g/mol. The number of fused-ring (bicyclic) bond motifs is 1. The Morgan fingerprint density at radius 3 is 2.82 bits per heavy atom. The first-order valence-corrected chi connectivity index (χ1v) is 9.73. The molecule has 3 heterocycles. The molecule has 7 nitrogen and oxygen atoms in total. The van der Waals surface area contributed by atoms with Crippen molar-refractivity contribution in [3.05, 3.63) is 47.4 Å². The van der Waals surface area contributed by atoms with Gasteiger partial charge in [0, 0.05) is 13.1 Å². The van der Waals surface area contributed by atoms with Gasteiger partial charge in [0.25, 0.3) is 11.8 Å². The summed E-state index contributed by atoms with van der Waals surface area (Å²) in [5.41, 5.74) is 1.79. The Bertz CT molecular complexity index is 870. The van der Waals surface area contributed by atoms with E-state index >= 15 is 0 Å². The van der Waals surface area contributed by atoms with Gasteiger partial charge in [-0.2, -0.15) is 0 Å². The van der Waals surface area contributed by atoms with Crippen molar-refractivity contribution in [2.75, 3.05) is 37.7 Å². The maximum absolute atomic E-state index is 12.3. The number of benzene rings is 1. The van der Waals surface area contributed by atoms with E-state index in [-0.39, 0.29) is 30.7 Å². The number of ether oxygens (including phenoxy) is 1. The van der Waals surface area contributed by atoms with Crippen molar-refractivity contribution in [2.45, 2.75) is 26.3 Å². The molecule has 0 saturated carbocycles. The van der Waals surface area contributed by atoms with E-state index in [4.69, 9.17) is 9.15 Å². The highest BCUT2D eigenvalue weighted by atomic mass is 16.5. The number of carbonyl (C=O) groups is 2. The minimum atomic E-state index is -0.227. The number of anilines is 1. The average Bonchev–Trinajstić information content (AvgIpc) is 3.36. The van der Waals surface area contributed by atoms with Crippen LogP contribution in [0.15, 0.2) is 34.7 Å². The third-order valence-electron chi connectivity index (χ3n) is 5.17. The summed E-state index contributed by atoms with van der Waals surface area (Å²) in [6.07, 6.45) is 2.47. The lowest BCUT2D eigenvalue weighted by molar-refractivity contribution is -0.121. The van der Waals surface area contributed by atoms with Crippen LogP contribution in [-0.2, 0) is 11.3 Å². The first kappa shape index (κ1) is 18.6. The van der Waals surface area contributed by atoms with Crippen LogP contribution in [0.3, 0.4) is 0 Å². The van der Waals surface area contributed by atoms with Gasteiger partial charge in [-0.25, -0.2) is 0 Å². The zero-order valence-electron chi connectivity index (χ0n) is 16.1. The molecule has 7 heteroatoms. The summed E-state index contributed by atoms with van der Waals surface area (Å²) in [4.78, 5) is 28.6. The largest absolute Gasteiger partial charge is 0.482 e. The predicted molar refractivity (Wildman–Crippen MR) is 105 cm³/mol. The molecule has 28 heavy (non-hydrogen) atoms. The molecule has 2 aromatic rings. The summed E-state index contributed by atoms with van der Waals surface area (Å²) in [6.45, 7) is 5.91. The fourth-order valence-corrected chi connectivity index (χ4v) is 3.65. The summed E-state index contributed by atoms with van der Waals surface area (Å²) < 4.78 is 11.2. The van der Waals surface area contributed by atoms with Gasteiger partial charge in [-0.1, -0.05) is 6.07 Å². The second kappa shape index (κ2) is 8.06. The Kier molecular flexibility index (Phi) is 5.34. The van der Waals surface area contributed by atoms with Crippen LogP contribution in [0.4, 0.5) is 5.69 Å². The van der Waals surface area contributed by atoms with E-state index < -0.39 is 0 Å². The molecule has 2 aliphatic rings. The summed E-state index contributed by atoms with van der Waals surface area (Å²) in [5, 5.41) is 2.90. The minimum absolute atomic E-state index is 0.000997. The Balaban J connectivity index is 1.38. The topological polar surface area (TPSA) is 75.0 Å². The van der Waals surface area contributed by atoms with Gasteiger partial charge in [0.05, 0.1) is 12.2 Å². The molecule has 1 fully saturated rings. The smallest absolute Gasteiger partial charge is 0.287 e. The van der Waals surface area contributed by atoms with Gasteiger partial charge in [0.15, 0.2) is 12.4 Å². The van der Waals surface area contributed by atoms with Crippen molar-refractivity contribution in [3.63, 3.8) is 0 Å². The number of rotatable bonds is 6. The molecule has 2 amide bonds. The molecule has 1 N–H and O–H groups in total. The summed E-state index contributed by atoms with van der Waals surface area (Å²) >= 11 is 0. The lowest BCUT2D eigenvalue weighted by Gasteiger charge is -2.28. The fourth-order valence-electron chi connectivity index (χ4n) is 3.65. The molecular formula is C21H25N3O4. The molecule has 0 bridgehead atoms. The summed E-state index contributed by atoms with van der Waals surface area (Å²) in [6, 6.07) is 9.12. The molecule has 1 aromatic carbocycles. The van der Waals surface area contributed by atoms with E-state index in [1.165, 1.54) is 12.8 Å². The van der Waals surface area contributed by atoms with Crippen molar-refractivity contribution < 1.29 is 18.7 Å². The van der Waals surface area contributed by atoms with E-state index in [1.807, 2.05) is 25.1 Å². The Hall–Kier alpha value is -2.80. The number of nitrogens with one attached hydrogen (secondary N) is 1. The second-order valence-electron chi connectivity index (χ2n) is 7.31. The van der Waals surface area contributed by atoms with Gasteiger partial charge < -0.3 is 19.4 Å². The normalized spacial score (nSPS) is 16.8. The van der Waals surface area contributed by atoms with Gasteiger partial charge in [-0.3, -0.25) is 14.5 Å². The molecule has 0 radical (unpaired) electrons. The van der Waals surface area contributed by atoms with E-state index in [9.17, 15) is 9.59 Å². The molecule has 2 aliphatic heterocycles. The second-order valence-corrected chi connectivity index (χ2v) is 7.31. The fraction of sp³-hybridized carbons (Fsp3) is 0.429. The number of aryl methyl sites for hydroxylation is 1. The maximum Gasteiger partial charge on any atom is 0.287 e. The molecule has 148 valence electrons. The third kappa shape index (κ3) is 4.04. The predicted octanol–water partition coefficient (Wildman–Crippen LogP) is 2.34. The Morgan fingerprint density at radius 2 is 2.00 bits per heavy atom. The van der Waals surface area contributed by atoms with Crippen LogP contribution in [0.25, 0.3) is 0 Å². The first-order chi connectivity index (χ1) is 13.6. The van der Waals surface area contributed by atoms with E-state index in [2.05, 4.69) is 10.2 Å². The molecule has 0 aliphatic carbocycles. The zero-order valence-corrected chi connectivity index (χ0v) is 16.1. The van der Waals surface area contributed by atoms with Crippen LogP contribution in [0.5, 0.6) is 5.75 Å². The van der Waals surface area contributed by atoms with Crippen LogP contribution in [-0.4, -0.2) is 49.5 Å². The standard InChI is InChI=1S/C21H25N3O4/c1-15-4-6-17-19(12-15)27-14-20(25)24(17)13-16-5-7-18(28-16)21(26)22-8-11-23-9-2-3-10-23/h4-7,12H,2-3,8-11,13-14H2,1H3,(H,22,26). The number of hydrogen-bond donors (Lipinski definition) is 1. The third-order valence-corrected chi connectivity index (χ3v) is 5.17. The summed E-state index contributed by atoms with van der Waals surface area (Å²) in [7, 11) is 0. The SMILES string of the molecule is Cc1ccc2c(c1)OCC(=O)N2Cc1ccc(C(=O)NCCN2CCCC2)o1. The van der Waals surface area contributed by atoms with Crippen LogP contribution in [0, 0.1) is 6.92 Å². The molecule has 4 rings (SSSR count). The number of likely N-dealkylation sites (tertiary alicyclic amines) is 1. The summed E-state index contributed by atoms with van der Waals surface area (Å²) in [5.74, 6) is 1.15. The minimum Gasteiger partial charge on any atom is -0.482 e. The van der Waals surface area contributed by atoms with Gasteiger partial charge >= 0.3 is 0 Å². The lowest BCUT2D eigenvalue weighted by Crippen LogP contribution is -2.38. The first-order valence-electron chi connectivity index (χ1n) is 9.73. The maximum atomic E-state index is 12.3. The van der Waals surface area contributed by atoms with Crippen LogP contribution in [0.1, 0.15) is 34.7 Å². The van der Waals surface area contributed by atoms with Gasteiger partial charge in [0.1, 0.15) is 11.5 Å². The van der Waals surface area contributed by atoms with Crippen molar-refractivity contribution in [1.29, 1.82) is 0 Å². The molecule has 0 atom stereocenters. The highest BCUT2D eigenvalue weighted by Crippen LogP contribution is 2.34. The zero-order chi connectivity index (χ0) is 19.5. The number of hydrogen-bond acceptors (Lipinski definition) is 5. The van der Waals surface area contributed by atoms with E-state index in [1.54, 1.807) is 17.0 Å². The number of furan rings is 1. The number of amides is 2.